The number of fused-ring (bicyclic) bond motifs is 4. The summed E-state index contributed by atoms with van der Waals surface area (Å²) in [5.74, 6) is -1.41. The lowest BCUT2D eigenvalue weighted by molar-refractivity contribution is 0.0953. The monoisotopic (exact) mass is 541 g/mol. The largest absolute Gasteiger partial charge is 0.379 e. The van der Waals surface area contributed by atoms with Gasteiger partial charge in [0, 0.05) is 31.1 Å². The average molecular weight is 542 g/mol. The van der Waals surface area contributed by atoms with Crippen LogP contribution >= 0.6 is 0 Å². The fraction of sp³-hybridized carbons (Fsp3) is 0.172. The standard InChI is InChI=1S/C29H23N3O6S/c1-16-8-14-19(15-9-16)39(36,37)38-18-12-10-17(11-13-18)22-23-25(20-6-4-5-7-21(20)26(23)33)30-27-24(22)28(34)32(3)29(35)31(27)2/h4-15,22-23H,1-3H3/t22-,23+/m1/s1. The molecule has 10 heteroatoms. The van der Waals surface area contributed by atoms with Crippen molar-refractivity contribution in [3.63, 3.8) is 0 Å². The molecule has 2 aliphatic rings. The second-order valence-electron chi connectivity index (χ2n) is 9.72. The van der Waals surface area contributed by atoms with E-state index < -0.39 is 33.2 Å². The number of hydrogen-bond acceptors (Lipinski definition) is 7. The summed E-state index contributed by atoms with van der Waals surface area (Å²) in [6, 6.07) is 19.7. The van der Waals surface area contributed by atoms with Crippen molar-refractivity contribution in [3.8, 4) is 5.75 Å². The minimum Gasteiger partial charge on any atom is -0.379 e. The smallest absolute Gasteiger partial charge is 0.339 e. The molecule has 1 aromatic heterocycles. The lowest BCUT2D eigenvalue weighted by Gasteiger charge is -2.30. The first-order chi connectivity index (χ1) is 18.6. The molecule has 0 bridgehead atoms. The van der Waals surface area contributed by atoms with Crippen LogP contribution in [0.5, 0.6) is 5.75 Å². The predicted molar refractivity (Wildman–Crippen MR) is 145 cm³/mol. The minimum absolute atomic E-state index is 0.0259. The Labute approximate surface area is 223 Å². The average Bonchev–Trinajstić information content (AvgIpc) is 3.22. The highest BCUT2D eigenvalue weighted by molar-refractivity contribution is 7.87. The molecule has 1 aliphatic heterocycles. The van der Waals surface area contributed by atoms with Gasteiger partial charge in [-0.1, -0.05) is 54.1 Å². The van der Waals surface area contributed by atoms with Crippen molar-refractivity contribution in [2.45, 2.75) is 17.7 Å². The lowest BCUT2D eigenvalue weighted by Crippen LogP contribution is -2.43. The van der Waals surface area contributed by atoms with Gasteiger partial charge in [-0.05, 0) is 36.8 Å². The van der Waals surface area contributed by atoms with Gasteiger partial charge in [0.1, 0.15) is 16.5 Å². The molecule has 0 N–H and O–H groups in total. The Morgan fingerprint density at radius 1 is 0.795 bits per heavy atom. The quantitative estimate of drug-likeness (QED) is 0.366. The normalized spacial score (nSPS) is 17.7. The molecule has 1 aliphatic carbocycles. The molecule has 0 radical (unpaired) electrons. The molecule has 2 atom stereocenters. The summed E-state index contributed by atoms with van der Waals surface area (Å²) in [6.45, 7) is 1.86. The van der Waals surface area contributed by atoms with Gasteiger partial charge < -0.3 is 4.18 Å². The van der Waals surface area contributed by atoms with Crippen molar-refractivity contribution in [2.24, 2.45) is 25.0 Å². The van der Waals surface area contributed by atoms with Crippen LogP contribution in [0.25, 0.3) is 0 Å². The Hall–Kier alpha value is -4.57. The van der Waals surface area contributed by atoms with Gasteiger partial charge in [0.25, 0.3) is 5.56 Å². The molecule has 196 valence electrons. The van der Waals surface area contributed by atoms with Gasteiger partial charge in [0.05, 0.1) is 17.2 Å². The molecular weight excluding hydrogens is 518 g/mol. The third kappa shape index (κ3) is 3.78. The number of carbonyl (C=O) groups excluding carboxylic acids is 1. The molecule has 0 spiro atoms. The van der Waals surface area contributed by atoms with Crippen molar-refractivity contribution in [3.05, 3.63) is 121 Å². The summed E-state index contributed by atoms with van der Waals surface area (Å²) in [5.41, 5.74) is 2.35. The van der Waals surface area contributed by atoms with Gasteiger partial charge >= 0.3 is 15.8 Å². The topological polar surface area (TPSA) is 117 Å². The fourth-order valence-electron chi connectivity index (χ4n) is 5.34. The summed E-state index contributed by atoms with van der Waals surface area (Å²) in [7, 11) is -1.14. The summed E-state index contributed by atoms with van der Waals surface area (Å²) in [6.07, 6.45) is 0. The van der Waals surface area contributed by atoms with E-state index in [1.165, 1.54) is 42.9 Å². The van der Waals surface area contributed by atoms with E-state index in [4.69, 9.17) is 4.18 Å². The van der Waals surface area contributed by atoms with Crippen molar-refractivity contribution >= 4 is 27.4 Å². The van der Waals surface area contributed by atoms with E-state index in [1.54, 1.807) is 42.5 Å². The zero-order valence-electron chi connectivity index (χ0n) is 21.3. The molecule has 0 unspecified atom stereocenters. The predicted octanol–water partition coefficient (Wildman–Crippen LogP) is 3.24. The second-order valence-corrected chi connectivity index (χ2v) is 11.3. The van der Waals surface area contributed by atoms with Gasteiger partial charge in [-0.25, -0.2) is 9.79 Å². The fourth-order valence-corrected chi connectivity index (χ4v) is 6.27. The molecule has 2 heterocycles. The Bertz CT molecular complexity index is 1940. The molecule has 3 aromatic carbocycles. The van der Waals surface area contributed by atoms with Gasteiger partial charge in [-0.15, -0.1) is 0 Å². The van der Waals surface area contributed by atoms with Crippen LogP contribution in [0.4, 0.5) is 5.82 Å². The number of hydrogen-bond donors (Lipinski definition) is 0. The Kier molecular flexibility index (Phi) is 5.55. The van der Waals surface area contributed by atoms with Crippen LogP contribution in [0.1, 0.15) is 38.5 Å². The number of rotatable bonds is 4. The van der Waals surface area contributed by atoms with E-state index in [9.17, 15) is 22.8 Å². The Morgan fingerprint density at radius 2 is 1.44 bits per heavy atom. The SMILES string of the molecule is Cc1ccc(S(=O)(=O)Oc2ccc([C@H]3c4c(n(C)c(=O)n(C)c4=O)N=C4c5ccccc5C(=O)[C@H]43)cc2)cc1. The summed E-state index contributed by atoms with van der Waals surface area (Å²) < 4.78 is 33.2. The van der Waals surface area contributed by atoms with Crippen molar-refractivity contribution < 1.29 is 17.4 Å². The Morgan fingerprint density at radius 3 is 2.10 bits per heavy atom. The lowest BCUT2D eigenvalue weighted by atomic mass is 9.76. The van der Waals surface area contributed by atoms with Crippen LogP contribution in [0.15, 0.2) is 92.3 Å². The first kappa shape index (κ1) is 24.7. The summed E-state index contributed by atoms with van der Waals surface area (Å²) >= 11 is 0. The van der Waals surface area contributed by atoms with Gasteiger partial charge in [0.2, 0.25) is 0 Å². The number of carbonyl (C=O) groups is 1. The van der Waals surface area contributed by atoms with Crippen LogP contribution in [-0.4, -0.2) is 29.0 Å². The number of benzene rings is 3. The Balaban J connectivity index is 1.47. The highest BCUT2D eigenvalue weighted by Crippen LogP contribution is 2.46. The van der Waals surface area contributed by atoms with E-state index in [2.05, 4.69) is 4.99 Å². The van der Waals surface area contributed by atoms with E-state index in [0.717, 1.165) is 10.1 Å². The molecule has 39 heavy (non-hydrogen) atoms. The number of aliphatic imine (C=N–C) groups is 1. The first-order valence-electron chi connectivity index (χ1n) is 12.2. The van der Waals surface area contributed by atoms with Crippen LogP contribution in [-0.2, 0) is 24.2 Å². The molecule has 6 rings (SSSR count). The summed E-state index contributed by atoms with van der Waals surface area (Å²) in [4.78, 5) is 44.5. The molecule has 9 nitrogen and oxygen atoms in total. The number of ketones is 1. The third-order valence-electron chi connectivity index (χ3n) is 7.34. The maximum absolute atomic E-state index is 13.6. The zero-order chi connectivity index (χ0) is 27.6. The van der Waals surface area contributed by atoms with Crippen LogP contribution in [0, 0.1) is 12.8 Å². The molecule has 0 saturated carbocycles. The number of Topliss-reactive ketones (excluding diaryl/α,β-unsaturated/α-hetero) is 1. The van der Waals surface area contributed by atoms with E-state index in [1.807, 2.05) is 13.0 Å². The van der Waals surface area contributed by atoms with Crippen LogP contribution < -0.4 is 15.4 Å². The highest BCUT2D eigenvalue weighted by Gasteiger charge is 2.47. The van der Waals surface area contributed by atoms with Crippen molar-refractivity contribution in [1.29, 1.82) is 0 Å². The maximum Gasteiger partial charge on any atom is 0.339 e. The van der Waals surface area contributed by atoms with Gasteiger partial charge in [-0.3, -0.25) is 18.7 Å². The molecule has 0 amide bonds. The first-order valence-corrected chi connectivity index (χ1v) is 13.6. The highest BCUT2D eigenvalue weighted by atomic mass is 32.2. The second kappa shape index (κ2) is 8.74. The van der Waals surface area contributed by atoms with Gasteiger partial charge in [-0.2, -0.15) is 8.42 Å². The van der Waals surface area contributed by atoms with Gasteiger partial charge in [0.15, 0.2) is 5.78 Å². The van der Waals surface area contributed by atoms with Crippen molar-refractivity contribution in [2.75, 3.05) is 0 Å². The molecular formula is C29H23N3O6S. The third-order valence-corrected chi connectivity index (χ3v) is 8.60. The number of aryl methyl sites for hydroxylation is 1. The van der Waals surface area contributed by atoms with Crippen LogP contribution in [0.3, 0.4) is 0 Å². The van der Waals surface area contributed by atoms with E-state index >= 15 is 0 Å². The van der Waals surface area contributed by atoms with Crippen molar-refractivity contribution in [1.82, 2.24) is 9.13 Å². The molecule has 4 aromatic rings. The minimum atomic E-state index is -4.06. The molecule has 0 fully saturated rings. The van der Waals surface area contributed by atoms with E-state index in [0.29, 0.717) is 22.4 Å². The number of aromatic nitrogens is 2. The van der Waals surface area contributed by atoms with E-state index in [-0.39, 0.29) is 27.8 Å². The number of nitrogens with zero attached hydrogens (tertiary/aromatic N) is 3. The summed E-state index contributed by atoms with van der Waals surface area (Å²) in [5, 5.41) is 0. The zero-order valence-corrected chi connectivity index (χ0v) is 22.1. The van der Waals surface area contributed by atoms with Crippen LogP contribution in [0.2, 0.25) is 0 Å². The molecule has 0 saturated heterocycles. The maximum atomic E-state index is 13.6.